The third-order valence-electron chi connectivity index (χ3n) is 26.2. The van der Waals surface area contributed by atoms with Crippen molar-refractivity contribution >= 4 is 99.5 Å². The largest absolute Gasteiger partial charge is 0.310 e. The summed E-state index contributed by atoms with van der Waals surface area (Å²) in [5.41, 5.74) is 26.4. The Hall–Kier alpha value is -10.4. The van der Waals surface area contributed by atoms with Crippen LogP contribution in [-0.4, -0.2) is 13.7 Å². The van der Waals surface area contributed by atoms with E-state index >= 15 is 0 Å². The highest BCUT2D eigenvalue weighted by atomic mass is 15.2. The molecule has 0 saturated heterocycles. The molecule has 4 atom stereocenters. The number of aromatic nitrogens is 3. The summed E-state index contributed by atoms with van der Waals surface area (Å²) in [5.74, 6) is 5.50. The van der Waals surface area contributed by atoms with Gasteiger partial charge >= 0.3 is 0 Å². The van der Waals surface area contributed by atoms with Crippen molar-refractivity contribution in [1.82, 2.24) is 13.7 Å². The van der Waals surface area contributed by atoms with Gasteiger partial charge in [0.2, 0.25) is 0 Å². The van der Waals surface area contributed by atoms with Crippen LogP contribution in [0, 0.1) is 47.3 Å². The topological polar surface area (TPSA) is 21.3 Å². The van der Waals surface area contributed by atoms with Gasteiger partial charge in [0.25, 0.3) is 0 Å². The maximum absolute atomic E-state index is 2.69. The lowest BCUT2D eigenvalue weighted by molar-refractivity contribution is -0.0419. The molecule has 5 heterocycles. The Morgan fingerprint density at radius 1 is 0.255 bits per heavy atom. The molecule has 0 amide bonds. The van der Waals surface area contributed by atoms with E-state index in [2.05, 4.69) is 310 Å². The first-order valence-corrected chi connectivity index (χ1v) is 36.7. The summed E-state index contributed by atoms with van der Waals surface area (Å²) < 4.78 is 7.62. The first-order chi connectivity index (χ1) is 48.4. The van der Waals surface area contributed by atoms with Crippen molar-refractivity contribution in [2.45, 2.75) is 82.5 Å². The highest BCUT2D eigenvalue weighted by Gasteiger charge is 2.62. The van der Waals surface area contributed by atoms with Gasteiger partial charge in [-0.05, 0) is 248 Å². The van der Waals surface area contributed by atoms with Crippen LogP contribution in [-0.2, 0) is 10.8 Å². The molecule has 0 N–H and O–H groups in total. The van der Waals surface area contributed by atoms with Gasteiger partial charge in [-0.15, -0.1) is 0 Å². The molecule has 474 valence electrons. The third kappa shape index (κ3) is 7.52. The highest BCUT2D eigenvalue weighted by Crippen LogP contribution is 2.70. The van der Waals surface area contributed by atoms with Crippen molar-refractivity contribution in [3.63, 3.8) is 0 Å². The van der Waals surface area contributed by atoms with Gasteiger partial charge in [-0.2, -0.15) is 0 Å². The Morgan fingerprint density at radius 2 is 0.582 bits per heavy atom. The Labute approximate surface area is 572 Å². The van der Waals surface area contributed by atoms with E-state index < -0.39 is 0 Å². The van der Waals surface area contributed by atoms with Crippen molar-refractivity contribution in [3.8, 4) is 28.2 Å². The lowest BCUT2D eigenvalue weighted by Gasteiger charge is -2.64. The smallest absolute Gasteiger partial charge is 0.0542 e. The number of benzene rings is 12. The molecular weight excluding hydrogens is 1190 g/mol. The lowest BCUT2D eigenvalue weighted by atomic mass is 9.41. The number of hydrogen-bond acceptors (Lipinski definition) is 2. The first kappa shape index (κ1) is 55.7. The van der Waals surface area contributed by atoms with Gasteiger partial charge in [0.15, 0.2) is 0 Å². The van der Waals surface area contributed by atoms with Crippen LogP contribution in [0.15, 0.2) is 273 Å². The lowest BCUT2D eigenvalue weighted by Crippen LogP contribution is -2.57. The fraction of sp³-hybridized carbons (Fsp3) is 0.226. The average molecular weight is 1260 g/mol. The molecular formula is C93H77N5. The number of hydrogen-bond donors (Lipinski definition) is 0. The molecule has 1 unspecified atom stereocenters. The average Bonchev–Trinajstić information content (AvgIpc) is 0.938. The Bertz CT molecular complexity index is 5610. The Morgan fingerprint density at radius 3 is 1.01 bits per heavy atom. The zero-order chi connectivity index (χ0) is 64.3. The van der Waals surface area contributed by atoms with E-state index in [1.807, 2.05) is 0 Å². The minimum atomic E-state index is -0.113. The van der Waals surface area contributed by atoms with Gasteiger partial charge in [0.1, 0.15) is 0 Å². The van der Waals surface area contributed by atoms with Crippen molar-refractivity contribution < 1.29 is 0 Å². The van der Waals surface area contributed by atoms with Crippen LogP contribution in [0.25, 0.3) is 93.6 Å². The second kappa shape index (κ2) is 20.6. The van der Waals surface area contributed by atoms with E-state index in [-0.39, 0.29) is 10.8 Å². The molecule has 8 aliphatic rings. The molecule has 12 aromatic carbocycles. The van der Waals surface area contributed by atoms with E-state index in [4.69, 9.17) is 0 Å². The molecule has 2 aliphatic heterocycles. The minimum absolute atomic E-state index is 0.0217. The van der Waals surface area contributed by atoms with Gasteiger partial charge < -0.3 is 23.5 Å². The molecule has 5 nitrogen and oxygen atoms in total. The van der Waals surface area contributed by atoms with Crippen LogP contribution in [0.1, 0.15) is 93.9 Å². The second-order valence-corrected chi connectivity index (χ2v) is 31.1. The SMILES string of the molecule is C[C@@H]1CC2C[C@@H](C1)C[C@@H](C)C21c2ccccc2N(c2cc(-c3cc(N4c5ccccc5C5(c6ccccc64)C4CC6CC(C4)CC5C6)cc(-n4c5ccccc5c5ccccc54)c3)cc(-n3c4ccccc4c4cc(-n5c6ccccc6c6ccccc65)ccc43)c2)c2ccccc21. The molecule has 5 heteroatoms. The maximum atomic E-state index is 2.69. The third-order valence-corrected chi connectivity index (χ3v) is 26.2. The predicted octanol–water partition coefficient (Wildman–Crippen LogP) is 24.3. The van der Waals surface area contributed by atoms with Crippen molar-refractivity contribution in [3.05, 3.63) is 295 Å². The van der Waals surface area contributed by atoms with Gasteiger partial charge in [0, 0.05) is 71.6 Å². The molecule has 15 aromatic rings. The quantitative estimate of drug-likeness (QED) is 0.165. The number of para-hydroxylation sites is 9. The minimum Gasteiger partial charge on any atom is -0.310 e. The summed E-state index contributed by atoms with van der Waals surface area (Å²) in [4.78, 5) is 5.37. The maximum Gasteiger partial charge on any atom is 0.0542 e. The summed E-state index contributed by atoms with van der Waals surface area (Å²) in [6.07, 6.45) is 11.9. The molecule has 6 bridgehead atoms. The number of rotatable bonds is 6. The molecule has 6 aliphatic carbocycles. The summed E-state index contributed by atoms with van der Waals surface area (Å²) >= 11 is 0. The van der Waals surface area contributed by atoms with Crippen LogP contribution in [0.5, 0.6) is 0 Å². The van der Waals surface area contributed by atoms with Gasteiger partial charge in [-0.1, -0.05) is 178 Å². The van der Waals surface area contributed by atoms with Gasteiger partial charge in [-0.3, -0.25) is 0 Å². The van der Waals surface area contributed by atoms with E-state index in [0.717, 1.165) is 46.1 Å². The van der Waals surface area contributed by atoms with Crippen LogP contribution < -0.4 is 9.80 Å². The fourth-order valence-electron chi connectivity index (χ4n) is 23.2. The summed E-state index contributed by atoms with van der Waals surface area (Å²) in [7, 11) is 0. The number of anilines is 6. The number of fused-ring (bicyclic) bond motifs is 18. The Kier molecular flexibility index (Phi) is 11.7. The predicted molar refractivity (Wildman–Crippen MR) is 407 cm³/mol. The number of nitrogens with zero attached hydrogens (tertiary/aromatic N) is 5. The van der Waals surface area contributed by atoms with Crippen molar-refractivity contribution in [2.24, 2.45) is 47.3 Å². The molecule has 2 spiro atoms. The van der Waals surface area contributed by atoms with Crippen LogP contribution in [0.4, 0.5) is 34.1 Å². The normalized spacial score (nSPS) is 23.0. The van der Waals surface area contributed by atoms with Gasteiger partial charge in [-0.25, -0.2) is 0 Å². The first-order valence-electron chi connectivity index (χ1n) is 36.7. The molecule has 23 rings (SSSR count). The zero-order valence-electron chi connectivity index (χ0n) is 55.7. The van der Waals surface area contributed by atoms with E-state index in [1.54, 1.807) is 0 Å². The molecule has 3 aromatic heterocycles. The molecule has 0 radical (unpaired) electrons. The molecule has 6 saturated carbocycles. The van der Waals surface area contributed by atoms with Crippen molar-refractivity contribution in [1.29, 1.82) is 0 Å². The monoisotopic (exact) mass is 1260 g/mol. The van der Waals surface area contributed by atoms with Crippen LogP contribution in [0.3, 0.4) is 0 Å². The summed E-state index contributed by atoms with van der Waals surface area (Å²) in [5, 5.41) is 7.51. The second-order valence-electron chi connectivity index (χ2n) is 31.1. The summed E-state index contributed by atoms with van der Waals surface area (Å²) in [6, 6.07) is 106. The van der Waals surface area contributed by atoms with Crippen LogP contribution in [0.2, 0.25) is 0 Å². The van der Waals surface area contributed by atoms with Crippen molar-refractivity contribution in [2.75, 3.05) is 9.80 Å². The molecule has 6 fully saturated rings. The van der Waals surface area contributed by atoms with E-state index in [1.165, 1.54) is 179 Å². The Balaban J connectivity index is 0.822. The zero-order valence-corrected chi connectivity index (χ0v) is 55.7. The van der Waals surface area contributed by atoms with E-state index in [9.17, 15) is 0 Å². The standard InChI is InChI=1S/C93H77N5/c1-57-41-59-43-58(2)92(64(42-57)45-59)78-26-8-17-35-88(78)97(89-36-18-9-27-79(89)92)70-52-63(51-69(55-70)96-86-34-16-7-25-76(86)77-56-67(39-40-87(77)96)94-82-30-12-3-21-72(82)73-22-4-13-31-83(73)94)62-50-68(95-84-32-14-5-23-74(84)75-24-6-15-33-85(75)95)54-71(53-62)98-90-37-19-10-28-80(90)93(81-29-11-20-38-91(81)98)65-46-60-44-61(48-65)49-66(93)47-60/h3-40,50-61,64-66H,41-49H2,1-2H3/t57-,58+,59-,60?,61?,64?,65?,66?/m0/s1. The highest BCUT2D eigenvalue weighted by molar-refractivity contribution is 6.13. The van der Waals surface area contributed by atoms with E-state index in [0.29, 0.717) is 29.6 Å². The fourth-order valence-corrected chi connectivity index (χ4v) is 23.2. The summed E-state index contributed by atoms with van der Waals surface area (Å²) in [6.45, 7) is 5.14. The van der Waals surface area contributed by atoms with Gasteiger partial charge in [0.05, 0.1) is 55.8 Å². The van der Waals surface area contributed by atoms with Crippen LogP contribution >= 0.6 is 0 Å². The molecule has 98 heavy (non-hydrogen) atoms.